The fourth-order valence-electron chi connectivity index (χ4n) is 3.00. The van der Waals surface area contributed by atoms with Gasteiger partial charge in [0.25, 0.3) is 10.0 Å². The number of anilines is 1. The lowest BCUT2D eigenvalue weighted by Crippen LogP contribution is -2.33. The van der Waals surface area contributed by atoms with E-state index in [1.54, 1.807) is 43.5 Å². The lowest BCUT2D eigenvalue weighted by atomic mass is 10.1. The van der Waals surface area contributed by atoms with Crippen LogP contribution in [0.5, 0.6) is 5.75 Å². The minimum atomic E-state index is -3.81. The Bertz CT molecular complexity index is 1030. The number of sulfonamides is 1. The lowest BCUT2D eigenvalue weighted by Gasteiger charge is -2.31. The van der Waals surface area contributed by atoms with Crippen molar-refractivity contribution in [2.75, 3.05) is 11.4 Å². The summed E-state index contributed by atoms with van der Waals surface area (Å²) in [6, 6.07) is 20.7. The van der Waals surface area contributed by atoms with Crippen LogP contribution in [0.1, 0.15) is 24.1 Å². The highest BCUT2D eigenvalue weighted by atomic mass is 35.5. The fraction of sp³-hybridized carbons (Fsp3) is 0.182. The van der Waals surface area contributed by atoms with E-state index in [-0.39, 0.29) is 4.90 Å². The zero-order chi connectivity index (χ0) is 20.3. The molecule has 0 bridgehead atoms. The third kappa shape index (κ3) is 4.16. The van der Waals surface area contributed by atoms with Gasteiger partial charge in [0.05, 0.1) is 23.7 Å². The molecule has 3 aromatic carbocycles. The normalized spacial score (nSPS) is 12.4. The van der Waals surface area contributed by atoms with Crippen LogP contribution in [-0.4, -0.2) is 15.5 Å². The van der Waals surface area contributed by atoms with Gasteiger partial charge in [0.2, 0.25) is 0 Å². The van der Waals surface area contributed by atoms with Crippen molar-refractivity contribution in [3.05, 3.63) is 88.9 Å². The number of ether oxygens (including phenoxy) is 1. The monoisotopic (exact) mass is 415 g/mol. The maximum absolute atomic E-state index is 13.5. The Hall–Kier alpha value is -2.50. The van der Waals surface area contributed by atoms with Crippen LogP contribution in [0.3, 0.4) is 0 Å². The Balaban J connectivity index is 2.12. The first-order valence-corrected chi connectivity index (χ1v) is 10.7. The predicted molar refractivity (Wildman–Crippen MR) is 114 cm³/mol. The first-order chi connectivity index (χ1) is 13.3. The molecule has 3 aromatic rings. The van der Waals surface area contributed by atoms with Gasteiger partial charge in [-0.25, -0.2) is 8.42 Å². The summed E-state index contributed by atoms with van der Waals surface area (Å²) in [6.45, 7) is 3.88. The van der Waals surface area contributed by atoms with Gasteiger partial charge in [-0.1, -0.05) is 41.4 Å². The maximum atomic E-state index is 13.5. The molecule has 0 unspecified atom stereocenters. The average molecular weight is 416 g/mol. The van der Waals surface area contributed by atoms with E-state index >= 15 is 0 Å². The minimum Gasteiger partial charge on any atom is -0.497 e. The summed E-state index contributed by atoms with van der Waals surface area (Å²) >= 11 is 5.94. The average Bonchev–Trinajstić information content (AvgIpc) is 2.69. The largest absolute Gasteiger partial charge is 0.497 e. The first-order valence-electron chi connectivity index (χ1n) is 8.83. The molecule has 0 radical (unpaired) electrons. The topological polar surface area (TPSA) is 46.6 Å². The van der Waals surface area contributed by atoms with Gasteiger partial charge >= 0.3 is 0 Å². The highest BCUT2D eigenvalue weighted by Crippen LogP contribution is 2.34. The highest BCUT2D eigenvalue weighted by molar-refractivity contribution is 7.92. The summed E-state index contributed by atoms with van der Waals surface area (Å²) in [5.74, 6) is 0.663. The van der Waals surface area contributed by atoms with Crippen LogP contribution in [0.15, 0.2) is 77.7 Å². The molecular formula is C22H22ClNO3S. The third-order valence-electron chi connectivity index (χ3n) is 4.61. The van der Waals surface area contributed by atoms with Crippen molar-refractivity contribution >= 4 is 27.3 Å². The molecule has 3 rings (SSSR count). The zero-order valence-corrected chi connectivity index (χ0v) is 17.5. The van der Waals surface area contributed by atoms with Crippen molar-refractivity contribution in [2.24, 2.45) is 0 Å². The Labute approximate surface area is 171 Å². The van der Waals surface area contributed by atoms with E-state index in [9.17, 15) is 8.42 Å². The molecule has 0 fully saturated rings. The molecule has 1 atom stereocenters. The molecule has 4 nitrogen and oxygen atoms in total. The van der Waals surface area contributed by atoms with E-state index in [1.807, 2.05) is 38.1 Å². The molecule has 0 saturated heterocycles. The quantitative estimate of drug-likeness (QED) is 0.525. The molecular weight excluding hydrogens is 394 g/mol. The molecule has 0 heterocycles. The molecule has 0 aliphatic heterocycles. The summed E-state index contributed by atoms with van der Waals surface area (Å²) in [4.78, 5) is 0.187. The van der Waals surface area contributed by atoms with Crippen LogP contribution in [0.2, 0.25) is 5.02 Å². The molecule has 28 heavy (non-hydrogen) atoms. The zero-order valence-electron chi connectivity index (χ0n) is 16.0. The van der Waals surface area contributed by atoms with Gasteiger partial charge in [-0.05, 0) is 67.9 Å². The summed E-state index contributed by atoms with van der Waals surface area (Å²) in [7, 11) is -2.24. The van der Waals surface area contributed by atoms with Gasteiger partial charge < -0.3 is 4.74 Å². The van der Waals surface area contributed by atoms with Crippen molar-refractivity contribution in [3.8, 4) is 5.75 Å². The van der Waals surface area contributed by atoms with E-state index in [0.717, 1.165) is 11.1 Å². The molecule has 0 spiro atoms. The van der Waals surface area contributed by atoms with Crippen molar-refractivity contribution in [2.45, 2.75) is 24.8 Å². The maximum Gasteiger partial charge on any atom is 0.264 e. The van der Waals surface area contributed by atoms with Gasteiger partial charge in [0, 0.05) is 5.02 Å². The second-order valence-electron chi connectivity index (χ2n) is 6.54. The van der Waals surface area contributed by atoms with Crippen molar-refractivity contribution in [1.29, 1.82) is 0 Å². The van der Waals surface area contributed by atoms with Crippen molar-refractivity contribution in [1.82, 2.24) is 0 Å². The highest BCUT2D eigenvalue weighted by Gasteiger charge is 2.30. The Morgan fingerprint density at radius 3 is 2.00 bits per heavy atom. The molecule has 0 aromatic heterocycles. The second kappa shape index (κ2) is 8.25. The molecule has 146 valence electrons. The van der Waals surface area contributed by atoms with Crippen LogP contribution in [0, 0.1) is 6.92 Å². The number of hydrogen-bond donors (Lipinski definition) is 0. The molecule has 0 amide bonds. The third-order valence-corrected chi connectivity index (χ3v) is 6.77. The van der Waals surface area contributed by atoms with Crippen molar-refractivity contribution < 1.29 is 13.2 Å². The summed E-state index contributed by atoms with van der Waals surface area (Å²) in [6.07, 6.45) is 0. The van der Waals surface area contributed by atoms with Crippen LogP contribution in [-0.2, 0) is 10.0 Å². The van der Waals surface area contributed by atoms with Crippen LogP contribution in [0.25, 0.3) is 0 Å². The SMILES string of the molecule is COc1ccc(N([C@H](C)c2ccc(C)cc2)S(=O)(=O)c2ccc(Cl)cc2)cc1. The van der Waals surface area contributed by atoms with Crippen LogP contribution < -0.4 is 9.04 Å². The predicted octanol–water partition coefficient (Wildman–Crippen LogP) is 5.61. The Morgan fingerprint density at radius 2 is 1.46 bits per heavy atom. The number of methoxy groups -OCH3 is 1. The minimum absolute atomic E-state index is 0.187. The molecule has 0 aliphatic rings. The number of benzene rings is 3. The van der Waals surface area contributed by atoms with Gasteiger partial charge in [-0.15, -0.1) is 0 Å². The van der Waals surface area contributed by atoms with Gasteiger partial charge in [0.15, 0.2) is 0 Å². The smallest absolute Gasteiger partial charge is 0.264 e. The van der Waals surface area contributed by atoms with E-state index in [1.165, 1.54) is 16.4 Å². The van der Waals surface area contributed by atoms with Gasteiger partial charge in [0.1, 0.15) is 5.75 Å². The van der Waals surface area contributed by atoms with E-state index in [2.05, 4.69) is 0 Å². The molecule has 6 heteroatoms. The van der Waals surface area contributed by atoms with E-state index in [4.69, 9.17) is 16.3 Å². The lowest BCUT2D eigenvalue weighted by molar-refractivity contribution is 0.415. The number of aryl methyl sites for hydroxylation is 1. The summed E-state index contributed by atoms with van der Waals surface area (Å²) in [5, 5.41) is 0.488. The number of hydrogen-bond acceptors (Lipinski definition) is 3. The second-order valence-corrected chi connectivity index (χ2v) is 8.79. The van der Waals surface area contributed by atoms with Crippen molar-refractivity contribution in [3.63, 3.8) is 0 Å². The van der Waals surface area contributed by atoms with Gasteiger partial charge in [-0.3, -0.25) is 4.31 Å². The Kier molecular flexibility index (Phi) is 5.96. The van der Waals surface area contributed by atoms with E-state index < -0.39 is 16.1 Å². The Morgan fingerprint density at radius 1 is 0.893 bits per heavy atom. The molecule has 0 saturated carbocycles. The van der Waals surface area contributed by atoms with Crippen LogP contribution in [0.4, 0.5) is 5.69 Å². The first kappa shape index (κ1) is 20.2. The van der Waals surface area contributed by atoms with Crippen LogP contribution >= 0.6 is 11.6 Å². The standard InChI is InChI=1S/C22H22ClNO3S/c1-16-4-6-18(7-5-16)17(2)24(20-10-12-21(27-3)13-11-20)28(25,26)22-14-8-19(23)9-15-22/h4-15,17H,1-3H3/t17-/m1/s1. The molecule has 0 N–H and O–H groups in total. The summed E-state index contributed by atoms with van der Waals surface area (Å²) in [5.41, 5.74) is 2.58. The number of halogens is 1. The van der Waals surface area contributed by atoms with Gasteiger partial charge in [-0.2, -0.15) is 0 Å². The fourth-order valence-corrected chi connectivity index (χ4v) is 4.77. The number of nitrogens with zero attached hydrogens (tertiary/aromatic N) is 1. The van der Waals surface area contributed by atoms with E-state index in [0.29, 0.717) is 16.5 Å². The number of rotatable bonds is 6. The molecule has 0 aliphatic carbocycles. The summed E-state index contributed by atoms with van der Waals surface area (Å²) < 4.78 is 33.7.